The van der Waals surface area contributed by atoms with Crippen molar-refractivity contribution in [3.05, 3.63) is 70.8 Å². The van der Waals surface area contributed by atoms with Crippen molar-refractivity contribution in [1.82, 2.24) is 4.98 Å². The maximum atomic E-state index is 12.4. The van der Waals surface area contributed by atoms with Crippen molar-refractivity contribution in [2.45, 2.75) is 0 Å². The summed E-state index contributed by atoms with van der Waals surface area (Å²) in [6.07, 6.45) is 1.53. The maximum absolute atomic E-state index is 12.4. The number of amides is 1. The van der Waals surface area contributed by atoms with E-state index < -0.39 is 0 Å². The van der Waals surface area contributed by atoms with Gasteiger partial charge in [0.25, 0.3) is 5.91 Å². The molecule has 2 aromatic carbocycles. The van der Waals surface area contributed by atoms with E-state index in [1.807, 2.05) is 24.3 Å². The van der Waals surface area contributed by atoms with Crippen molar-refractivity contribution < 1.29 is 19.0 Å². The molecular weight excluding hydrogens is 412 g/mol. The number of hydrogen-bond donors (Lipinski definition) is 1. The summed E-state index contributed by atoms with van der Waals surface area (Å²) in [5.74, 6) is 1.86. The first kappa shape index (κ1) is 18.7. The maximum Gasteiger partial charge on any atom is 0.255 e. The molecule has 1 heterocycles. The van der Waals surface area contributed by atoms with Gasteiger partial charge in [0.15, 0.2) is 11.5 Å². The first-order valence-corrected chi connectivity index (χ1v) is 8.81. The monoisotopic (exact) mass is 428 g/mol. The minimum atomic E-state index is -0.279. The molecule has 0 aliphatic heterocycles. The predicted octanol–water partition coefficient (Wildman–Crippen LogP) is 4.91. The van der Waals surface area contributed by atoms with Gasteiger partial charge >= 0.3 is 0 Å². The normalized spacial score (nSPS) is 10.2. The van der Waals surface area contributed by atoms with Gasteiger partial charge in [-0.05, 0) is 42.5 Å². The number of aromatic nitrogens is 1. The van der Waals surface area contributed by atoms with Crippen molar-refractivity contribution in [1.29, 1.82) is 0 Å². The van der Waals surface area contributed by atoms with Crippen LogP contribution in [0.2, 0.25) is 0 Å². The summed E-state index contributed by atoms with van der Waals surface area (Å²) in [5.41, 5.74) is 0.999. The molecule has 0 aliphatic carbocycles. The SMILES string of the molecule is COc1ccc(C(=O)Nc2ccc(Oc3cccc(Br)c3)nc2)cc1OC. The van der Waals surface area contributed by atoms with Crippen LogP contribution in [0.1, 0.15) is 10.4 Å². The van der Waals surface area contributed by atoms with Crippen LogP contribution in [-0.4, -0.2) is 25.1 Å². The molecule has 7 heteroatoms. The minimum absolute atomic E-state index is 0.279. The number of halogens is 1. The number of pyridine rings is 1. The second-order valence-corrected chi connectivity index (χ2v) is 6.38. The van der Waals surface area contributed by atoms with Gasteiger partial charge in [0, 0.05) is 16.1 Å². The molecular formula is C20H17BrN2O4. The molecule has 27 heavy (non-hydrogen) atoms. The predicted molar refractivity (Wildman–Crippen MR) is 106 cm³/mol. The minimum Gasteiger partial charge on any atom is -0.493 e. The van der Waals surface area contributed by atoms with Crippen LogP contribution in [0.25, 0.3) is 0 Å². The van der Waals surface area contributed by atoms with Crippen LogP contribution in [0.3, 0.4) is 0 Å². The average molecular weight is 429 g/mol. The lowest BCUT2D eigenvalue weighted by atomic mass is 10.2. The molecule has 0 fully saturated rings. The number of hydrogen-bond acceptors (Lipinski definition) is 5. The Hall–Kier alpha value is -3.06. The number of ether oxygens (including phenoxy) is 3. The molecule has 138 valence electrons. The summed E-state index contributed by atoms with van der Waals surface area (Å²) in [6, 6.07) is 15.8. The van der Waals surface area contributed by atoms with Gasteiger partial charge in [-0.1, -0.05) is 22.0 Å². The number of nitrogens with one attached hydrogen (secondary N) is 1. The van der Waals surface area contributed by atoms with Crippen LogP contribution in [0.4, 0.5) is 5.69 Å². The Morgan fingerprint density at radius 1 is 1.00 bits per heavy atom. The van der Waals surface area contributed by atoms with Gasteiger partial charge in [0.1, 0.15) is 5.75 Å². The largest absolute Gasteiger partial charge is 0.493 e. The Balaban J connectivity index is 1.68. The Kier molecular flexibility index (Phi) is 5.93. The highest BCUT2D eigenvalue weighted by Crippen LogP contribution is 2.28. The zero-order valence-electron chi connectivity index (χ0n) is 14.7. The molecule has 0 saturated heterocycles. The summed E-state index contributed by atoms with van der Waals surface area (Å²) in [7, 11) is 3.06. The number of carbonyl (C=O) groups is 1. The third-order valence-electron chi connectivity index (χ3n) is 3.66. The summed E-state index contributed by atoms with van der Waals surface area (Å²) in [5, 5.41) is 2.79. The molecule has 3 aromatic rings. The van der Waals surface area contributed by atoms with Crippen LogP contribution in [0.5, 0.6) is 23.1 Å². The fourth-order valence-corrected chi connectivity index (χ4v) is 2.72. The van der Waals surface area contributed by atoms with E-state index in [1.165, 1.54) is 13.3 Å². The van der Waals surface area contributed by atoms with Gasteiger partial charge in [-0.15, -0.1) is 0 Å². The van der Waals surface area contributed by atoms with E-state index in [0.717, 1.165) is 4.47 Å². The highest BCUT2D eigenvalue weighted by molar-refractivity contribution is 9.10. The van der Waals surface area contributed by atoms with Gasteiger partial charge in [-0.2, -0.15) is 0 Å². The van der Waals surface area contributed by atoms with Gasteiger partial charge in [-0.3, -0.25) is 4.79 Å². The Bertz CT molecular complexity index is 945. The molecule has 0 atom stereocenters. The third-order valence-corrected chi connectivity index (χ3v) is 4.15. The van der Waals surface area contributed by atoms with Gasteiger partial charge in [0.05, 0.1) is 26.1 Å². The fraction of sp³-hybridized carbons (Fsp3) is 0.100. The number of rotatable bonds is 6. The lowest BCUT2D eigenvalue weighted by Gasteiger charge is -2.10. The van der Waals surface area contributed by atoms with E-state index in [0.29, 0.717) is 34.4 Å². The molecule has 0 unspecified atom stereocenters. The quantitative estimate of drug-likeness (QED) is 0.603. The molecule has 1 aromatic heterocycles. The average Bonchev–Trinajstić information content (AvgIpc) is 2.69. The summed E-state index contributed by atoms with van der Waals surface area (Å²) >= 11 is 3.39. The van der Waals surface area contributed by atoms with Crippen molar-refractivity contribution in [3.63, 3.8) is 0 Å². The van der Waals surface area contributed by atoms with E-state index in [2.05, 4.69) is 26.2 Å². The van der Waals surface area contributed by atoms with Crippen molar-refractivity contribution in [2.75, 3.05) is 19.5 Å². The standard InChI is InChI=1S/C20H17BrN2O4/c1-25-17-8-6-13(10-18(17)26-2)20(24)23-15-7-9-19(22-12-15)27-16-5-3-4-14(21)11-16/h3-12H,1-2H3,(H,23,24). The van der Waals surface area contributed by atoms with Crippen LogP contribution in [-0.2, 0) is 0 Å². The highest BCUT2D eigenvalue weighted by Gasteiger charge is 2.11. The lowest BCUT2D eigenvalue weighted by Crippen LogP contribution is -2.12. The molecule has 1 N–H and O–H groups in total. The van der Waals surface area contributed by atoms with E-state index >= 15 is 0 Å². The van der Waals surface area contributed by atoms with Crippen LogP contribution in [0.15, 0.2) is 65.3 Å². The summed E-state index contributed by atoms with van der Waals surface area (Å²) in [4.78, 5) is 16.6. The molecule has 0 aliphatic rings. The van der Waals surface area contributed by atoms with Crippen molar-refractivity contribution >= 4 is 27.5 Å². The van der Waals surface area contributed by atoms with Crippen LogP contribution >= 0.6 is 15.9 Å². The third kappa shape index (κ3) is 4.77. The number of anilines is 1. The fourth-order valence-electron chi connectivity index (χ4n) is 2.35. The molecule has 3 rings (SSSR count). The summed E-state index contributed by atoms with van der Waals surface area (Å²) in [6.45, 7) is 0. The van der Waals surface area contributed by atoms with Crippen LogP contribution < -0.4 is 19.5 Å². The second kappa shape index (κ2) is 8.55. The van der Waals surface area contributed by atoms with Gasteiger partial charge < -0.3 is 19.5 Å². The van der Waals surface area contributed by atoms with Crippen molar-refractivity contribution in [3.8, 4) is 23.1 Å². The van der Waals surface area contributed by atoms with Gasteiger partial charge in [-0.25, -0.2) is 4.98 Å². The Morgan fingerprint density at radius 3 is 2.48 bits per heavy atom. The smallest absolute Gasteiger partial charge is 0.255 e. The molecule has 0 bridgehead atoms. The summed E-state index contributed by atoms with van der Waals surface area (Å²) < 4.78 is 17.0. The molecule has 0 spiro atoms. The number of methoxy groups -OCH3 is 2. The van der Waals surface area contributed by atoms with Crippen LogP contribution in [0, 0.1) is 0 Å². The molecule has 0 saturated carbocycles. The van der Waals surface area contributed by atoms with E-state index in [-0.39, 0.29) is 5.91 Å². The first-order valence-electron chi connectivity index (χ1n) is 8.02. The highest BCUT2D eigenvalue weighted by atomic mass is 79.9. The number of benzene rings is 2. The van der Waals surface area contributed by atoms with Gasteiger partial charge in [0.2, 0.25) is 5.88 Å². The Labute approximate surface area is 165 Å². The molecule has 0 radical (unpaired) electrons. The number of nitrogens with zero attached hydrogens (tertiary/aromatic N) is 1. The second-order valence-electron chi connectivity index (χ2n) is 5.47. The topological polar surface area (TPSA) is 69.7 Å². The first-order chi connectivity index (χ1) is 13.1. The van der Waals surface area contributed by atoms with E-state index in [1.54, 1.807) is 37.4 Å². The molecule has 6 nitrogen and oxygen atoms in total. The van der Waals surface area contributed by atoms with E-state index in [9.17, 15) is 4.79 Å². The Morgan fingerprint density at radius 2 is 1.81 bits per heavy atom. The zero-order chi connectivity index (χ0) is 19.2. The van der Waals surface area contributed by atoms with E-state index in [4.69, 9.17) is 14.2 Å². The van der Waals surface area contributed by atoms with Crippen molar-refractivity contribution in [2.24, 2.45) is 0 Å². The lowest BCUT2D eigenvalue weighted by molar-refractivity contribution is 0.102. The molecule has 1 amide bonds. The number of carbonyl (C=O) groups excluding carboxylic acids is 1. The zero-order valence-corrected chi connectivity index (χ0v) is 16.3.